The van der Waals surface area contributed by atoms with Crippen molar-refractivity contribution in [2.75, 3.05) is 26.3 Å². The third-order valence-electron chi connectivity index (χ3n) is 4.18. The second kappa shape index (κ2) is 7.66. The number of likely N-dealkylation sites (tertiary alicyclic amines) is 1. The molecule has 0 aliphatic carbocycles. The maximum Gasteiger partial charge on any atom is 0.409 e. The van der Waals surface area contributed by atoms with Gasteiger partial charge in [0.15, 0.2) is 8.32 Å². The van der Waals surface area contributed by atoms with E-state index in [-0.39, 0.29) is 17.0 Å². The van der Waals surface area contributed by atoms with Crippen LogP contribution in [0.3, 0.4) is 0 Å². The number of hydrogen-bond acceptors (Lipinski definition) is 3. The lowest BCUT2D eigenvalue weighted by Crippen LogP contribution is -2.49. The Kier molecular flexibility index (Phi) is 6.76. The van der Waals surface area contributed by atoms with Crippen LogP contribution in [0, 0.1) is 16.7 Å². The SMILES string of the molecule is CC(C)(C)[Si](C)(C)OCCCOC(=O)N1CC(C#CBr)C1. The van der Waals surface area contributed by atoms with Gasteiger partial charge < -0.3 is 14.1 Å². The Morgan fingerprint density at radius 1 is 1.33 bits per heavy atom. The van der Waals surface area contributed by atoms with E-state index < -0.39 is 8.32 Å². The number of ether oxygens (including phenoxy) is 1. The number of amides is 1. The second-order valence-electron chi connectivity index (χ2n) is 6.92. The zero-order valence-corrected chi connectivity index (χ0v) is 16.2. The van der Waals surface area contributed by atoms with Crippen LogP contribution in [0.15, 0.2) is 0 Å². The molecule has 4 nitrogen and oxygen atoms in total. The predicted molar refractivity (Wildman–Crippen MR) is 90.9 cm³/mol. The summed E-state index contributed by atoms with van der Waals surface area (Å²) in [6.45, 7) is 13.5. The average molecular weight is 376 g/mol. The Morgan fingerprint density at radius 3 is 2.48 bits per heavy atom. The van der Waals surface area contributed by atoms with Crippen molar-refractivity contribution in [3.05, 3.63) is 0 Å². The monoisotopic (exact) mass is 375 g/mol. The van der Waals surface area contributed by atoms with E-state index in [4.69, 9.17) is 9.16 Å². The summed E-state index contributed by atoms with van der Waals surface area (Å²) in [5, 5.41) is 0.215. The third-order valence-corrected chi connectivity index (χ3v) is 8.95. The van der Waals surface area contributed by atoms with Crippen LogP contribution in [0.2, 0.25) is 18.1 Å². The maximum absolute atomic E-state index is 11.7. The van der Waals surface area contributed by atoms with Crippen LogP contribution >= 0.6 is 15.9 Å². The highest BCUT2D eigenvalue weighted by Gasteiger charge is 2.36. The highest BCUT2D eigenvalue weighted by atomic mass is 79.9. The van der Waals surface area contributed by atoms with Crippen molar-refractivity contribution in [1.29, 1.82) is 0 Å². The van der Waals surface area contributed by atoms with Gasteiger partial charge in [0, 0.05) is 42.0 Å². The Balaban J connectivity index is 2.12. The lowest BCUT2D eigenvalue weighted by molar-refractivity contribution is 0.0636. The normalized spacial score (nSPS) is 16.0. The fourth-order valence-electron chi connectivity index (χ4n) is 1.65. The molecular formula is C15H26BrNO3Si. The van der Waals surface area contributed by atoms with Gasteiger partial charge in [0.2, 0.25) is 0 Å². The number of carbonyl (C=O) groups is 1. The van der Waals surface area contributed by atoms with Gasteiger partial charge in [-0.1, -0.05) is 26.7 Å². The van der Waals surface area contributed by atoms with Gasteiger partial charge in [0.25, 0.3) is 0 Å². The Morgan fingerprint density at radius 2 is 1.95 bits per heavy atom. The van der Waals surface area contributed by atoms with Gasteiger partial charge in [-0.15, -0.1) is 0 Å². The zero-order chi connectivity index (χ0) is 16.1. The molecular weight excluding hydrogens is 350 g/mol. The van der Waals surface area contributed by atoms with Gasteiger partial charge in [-0.3, -0.25) is 0 Å². The van der Waals surface area contributed by atoms with Crippen LogP contribution in [0.5, 0.6) is 0 Å². The van der Waals surface area contributed by atoms with Crippen molar-refractivity contribution in [3.8, 4) is 10.8 Å². The van der Waals surface area contributed by atoms with Crippen molar-refractivity contribution in [2.45, 2.75) is 45.3 Å². The molecule has 0 radical (unpaired) electrons. The number of nitrogens with zero attached hydrogens (tertiary/aromatic N) is 1. The van der Waals surface area contributed by atoms with Crippen molar-refractivity contribution < 1.29 is 14.0 Å². The molecule has 0 spiro atoms. The fourth-order valence-corrected chi connectivity index (χ4v) is 3.06. The minimum atomic E-state index is -1.69. The quantitative estimate of drug-likeness (QED) is 0.416. The van der Waals surface area contributed by atoms with Gasteiger partial charge >= 0.3 is 6.09 Å². The number of hydrogen-bond donors (Lipinski definition) is 0. The molecule has 1 fully saturated rings. The van der Waals surface area contributed by atoms with Crippen LogP contribution in [-0.4, -0.2) is 45.6 Å². The average Bonchev–Trinajstić information content (AvgIpc) is 2.30. The van der Waals surface area contributed by atoms with E-state index in [1.165, 1.54) is 0 Å². The van der Waals surface area contributed by atoms with E-state index in [2.05, 4.69) is 60.5 Å². The Bertz CT molecular complexity index is 417. The lowest BCUT2D eigenvalue weighted by atomic mass is 10.0. The van der Waals surface area contributed by atoms with Crippen molar-refractivity contribution in [1.82, 2.24) is 4.90 Å². The largest absolute Gasteiger partial charge is 0.449 e. The standard InChI is InChI=1S/C15H26BrNO3Si/c1-15(2,3)21(4,5)20-10-6-9-19-14(18)17-11-13(12-17)7-8-16/h13H,6,9-12H2,1-5H3. The summed E-state index contributed by atoms with van der Waals surface area (Å²) in [6.07, 6.45) is 0.506. The van der Waals surface area contributed by atoms with Crippen LogP contribution in [0.1, 0.15) is 27.2 Å². The molecule has 1 aliphatic heterocycles. The zero-order valence-electron chi connectivity index (χ0n) is 13.7. The maximum atomic E-state index is 11.7. The van der Waals surface area contributed by atoms with E-state index in [0.29, 0.717) is 26.3 Å². The number of halogens is 1. The molecule has 1 saturated heterocycles. The molecule has 1 heterocycles. The van der Waals surface area contributed by atoms with E-state index >= 15 is 0 Å². The first kappa shape index (κ1) is 18.5. The highest BCUT2D eigenvalue weighted by molar-refractivity contribution is 9.12. The lowest BCUT2D eigenvalue weighted by Gasteiger charge is -2.36. The molecule has 1 aliphatic rings. The number of rotatable bonds is 5. The molecule has 21 heavy (non-hydrogen) atoms. The van der Waals surface area contributed by atoms with Gasteiger partial charge in [-0.25, -0.2) is 4.79 Å². The second-order valence-corrected chi connectivity index (χ2v) is 12.1. The fraction of sp³-hybridized carbons (Fsp3) is 0.800. The molecule has 0 aromatic heterocycles. The molecule has 0 unspecified atom stereocenters. The van der Waals surface area contributed by atoms with Crippen molar-refractivity contribution in [3.63, 3.8) is 0 Å². The molecule has 0 aromatic carbocycles. The third kappa shape index (κ3) is 5.65. The molecule has 0 bridgehead atoms. The minimum Gasteiger partial charge on any atom is -0.449 e. The van der Waals surface area contributed by atoms with E-state index in [0.717, 1.165) is 6.42 Å². The van der Waals surface area contributed by atoms with Crippen LogP contribution in [-0.2, 0) is 9.16 Å². The molecule has 1 rings (SSSR count). The van der Waals surface area contributed by atoms with Gasteiger partial charge in [-0.05, 0) is 23.0 Å². The molecule has 120 valence electrons. The Hall–Kier alpha value is -0.513. The summed E-state index contributed by atoms with van der Waals surface area (Å²) in [6, 6.07) is 0. The van der Waals surface area contributed by atoms with Crippen LogP contribution in [0.4, 0.5) is 4.79 Å². The van der Waals surface area contributed by atoms with Gasteiger partial charge in [0.05, 0.1) is 12.5 Å². The Labute approximate surface area is 137 Å². The summed E-state index contributed by atoms with van der Waals surface area (Å²) in [4.78, 5) is 16.1. The minimum absolute atomic E-state index is 0.215. The van der Waals surface area contributed by atoms with Gasteiger partial charge in [0.1, 0.15) is 0 Å². The molecule has 0 N–H and O–H groups in total. The summed E-state index contributed by atoms with van der Waals surface area (Å²) in [5.41, 5.74) is 0. The predicted octanol–water partition coefficient (Wildman–Crippen LogP) is 3.82. The molecule has 0 aromatic rings. The molecule has 1 amide bonds. The van der Waals surface area contributed by atoms with Crippen LogP contribution < -0.4 is 0 Å². The first-order valence-corrected chi connectivity index (χ1v) is 11.0. The summed E-state index contributed by atoms with van der Waals surface area (Å²) in [5.74, 6) is 3.25. The first-order chi connectivity index (χ1) is 9.67. The summed E-state index contributed by atoms with van der Waals surface area (Å²) >= 11 is 3.06. The molecule has 0 saturated carbocycles. The topological polar surface area (TPSA) is 38.8 Å². The molecule has 0 atom stereocenters. The van der Waals surface area contributed by atoms with E-state index in [9.17, 15) is 4.79 Å². The van der Waals surface area contributed by atoms with E-state index in [1.807, 2.05) is 0 Å². The summed E-state index contributed by atoms with van der Waals surface area (Å²) < 4.78 is 11.3. The molecule has 6 heteroatoms. The smallest absolute Gasteiger partial charge is 0.409 e. The van der Waals surface area contributed by atoms with Crippen molar-refractivity contribution >= 4 is 30.3 Å². The number of carbonyl (C=O) groups excluding carboxylic acids is 1. The summed E-state index contributed by atoms with van der Waals surface area (Å²) in [7, 11) is -1.69. The highest BCUT2D eigenvalue weighted by Crippen LogP contribution is 2.36. The van der Waals surface area contributed by atoms with Gasteiger partial charge in [-0.2, -0.15) is 0 Å². The van der Waals surface area contributed by atoms with E-state index in [1.54, 1.807) is 4.90 Å². The van der Waals surface area contributed by atoms with Crippen LogP contribution in [0.25, 0.3) is 0 Å². The first-order valence-electron chi connectivity index (χ1n) is 7.34. The van der Waals surface area contributed by atoms with Crippen molar-refractivity contribution in [2.24, 2.45) is 5.92 Å².